The highest BCUT2D eigenvalue weighted by Gasteiger charge is 2.21. The third-order valence-corrected chi connectivity index (χ3v) is 2.55. The Morgan fingerprint density at radius 1 is 1.71 bits per heavy atom. The number of nitrogens with zero attached hydrogens (tertiary/aromatic N) is 2. The number of carbonyl (C=O) groups is 1. The smallest absolute Gasteiger partial charge is 0.310 e. The van der Waals surface area contributed by atoms with E-state index in [1.807, 2.05) is 0 Å². The molecule has 0 fully saturated rings. The van der Waals surface area contributed by atoms with Crippen LogP contribution in [0.15, 0.2) is 6.07 Å². The fraction of sp³-hybridized carbons (Fsp3) is 0.300. The van der Waals surface area contributed by atoms with Crippen LogP contribution in [-0.2, 0) is 16.0 Å². The number of nitriles is 1. The minimum absolute atomic E-state index is 0.0186. The summed E-state index contributed by atoms with van der Waals surface area (Å²) >= 11 is 1.74. The predicted octanol–water partition coefficient (Wildman–Crippen LogP) is 2.21. The highest BCUT2D eigenvalue weighted by atomic mass is 127. The second kappa shape index (κ2) is 5.86. The summed E-state index contributed by atoms with van der Waals surface area (Å²) < 4.78 is 30.2. The van der Waals surface area contributed by atoms with Crippen molar-refractivity contribution in [2.45, 2.75) is 12.8 Å². The van der Waals surface area contributed by atoms with E-state index < -0.39 is 18.1 Å². The van der Waals surface area contributed by atoms with Crippen LogP contribution in [0.2, 0.25) is 0 Å². The number of hydrogen-bond acceptors (Lipinski definition) is 4. The maximum atomic E-state index is 12.8. The van der Waals surface area contributed by atoms with Gasteiger partial charge in [-0.25, -0.2) is 13.8 Å². The minimum Gasteiger partial charge on any atom is -0.469 e. The molecule has 0 bridgehead atoms. The van der Waals surface area contributed by atoms with Crippen molar-refractivity contribution in [1.82, 2.24) is 4.98 Å². The molecule has 0 aliphatic heterocycles. The van der Waals surface area contributed by atoms with Crippen molar-refractivity contribution in [1.29, 1.82) is 5.26 Å². The van der Waals surface area contributed by atoms with E-state index in [9.17, 15) is 13.6 Å². The molecule has 7 heteroatoms. The van der Waals surface area contributed by atoms with Gasteiger partial charge in [0.2, 0.25) is 0 Å². The van der Waals surface area contributed by atoms with Crippen LogP contribution in [-0.4, -0.2) is 18.1 Å². The molecule has 17 heavy (non-hydrogen) atoms. The van der Waals surface area contributed by atoms with Gasteiger partial charge >= 0.3 is 5.97 Å². The minimum atomic E-state index is -2.84. The topological polar surface area (TPSA) is 63.0 Å². The summed E-state index contributed by atoms with van der Waals surface area (Å²) in [5.74, 6) is -0.689. The number of esters is 1. The molecule has 1 aromatic heterocycles. The number of carbonyl (C=O) groups excluding carboxylic acids is 1. The Labute approximate surface area is 110 Å². The Morgan fingerprint density at radius 3 is 2.82 bits per heavy atom. The molecule has 0 aliphatic carbocycles. The van der Waals surface area contributed by atoms with Crippen LogP contribution in [0.3, 0.4) is 0 Å². The first kappa shape index (κ1) is 13.8. The number of halogens is 3. The van der Waals surface area contributed by atoms with E-state index in [4.69, 9.17) is 5.26 Å². The molecule has 0 saturated heterocycles. The Kier molecular flexibility index (Phi) is 4.74. The van der Waals surface area contributed by atoms with Gasteiger partial charge in [0.05, 0.1) is 25.2 Å². The van der Waals surface area contributed by atoms with E-state index in [0.717, 1.165) is 7.11 Å². The lowest BCUT2D eigenvalue weighted by Crippen LogP contribution is -2.11. The van der Waals surface area contributed by atoms with E-state index >= 15 is 0 Å². The molecule has 0 aliphatic rings. The molecule has 4 nitrogen and oxygen atoms in total. The fourth-order valence-electron chi connectivity index (χ4n) is 1.24. The lowest BCUT2D eigenvalue weighted by molar-refractivity contribution is -0.139. The van der Waals surface area contributed by atoms with Crippen molar-refractivity contribution in [2.24, 2.45) is 0 Å². The van der Waals surface area contributed by atoms with Crippen LogP contribution in [0.1, 0.15) is 23.2 Å². The molecule has 0 unspecified atom stereocenters. The maximum absolute atomic E-state index is 12.8. The van der Waals surface area contributed by atoms with E-state index in [1.54, 1.807) is 28.7 Å². The van der Waals surface area contributed by atoms with Crippen molar-refractivity contribution in [3.05, 3.63) is 26.6 Å². The van der Waals surface area contributed by atoms with Gasteiger partial charge in [0.15, 0.2) is 0 Å². The van der Waals surface area contributed by atoms with Crippen molar-refractivity contribution in [3.8, 4) is 6.07 Å². The SMILES string of the molecule is COC(=O)Cc1c(C#N)cc(I)nc1C(F)F. The summed E-state index contributed by atoms with van der Waals surface area (Å²) in [7, 11) is 1.15. The van der Waals surface area contributed by atoms with Gasteiger partial charge in [-0.1, -0.05) is 0 Å². The fourth-order valence-corrected chi connectivity index (χ4v) is 1.81. The molecular formula is C10H7F2IN2O2. The average molecular weight is 352 g/mol. The molecule has 1 aromatic rings. The summed E-state index contributed by atoms with van der Waals surface area (Å²) in [4.78, 5) is 14.7. The van der Waals surface area contributed by atoms with Crippen LogP contribution in [0.4, 0.5) is 8.78 Å². The van der Waals surface area contributed by atoms with Gasteiger partial charge in [-0.15, -0.1) is 0 Å². The van der Waals surface area contributed by atoms with Crippen LogP contribution in [0.5, 0.6) is 0 Å². The normalized spacial score (nSPS) is 10.1. The van der Waals surface area contributed by atoms with Gasteiger partial charge < -0.3 is 4.74 Å². The zero-order valence-corrected chi connectivity index (χ0v) is 10.9. The van der Waals surface area contributed by atoms with E-state index in [-0.39, 0.29) is 21.2 Å². The number of ether oxygens (including phenoxy) is 1. The Hall–Kier alpha value is -1.30. The van der Waals surface area contributed by atoms with E-state index in [0.29, 0.717) is 0 Å². The molecule has 1 rings (SSSR count). The second-order valence-corrected chi connectivity index (χ2v) is 4.13. The summed E-state index contributed by atoms with van der Waals surface area (Å²) in [6.07, 6.45) is -3.22. The van der Waals surface area contributed by atoms with Gasteiger partial charge in [0.1, 0.15) is 9.39 Å². The number of methoxy groups -OCH3 is 1. The molecule has 0 N–H and O–H groups in total. The quantitative estimate of drug-likeness (QED) is 0.475. The molecule has 0 atom stereocenters. The monoisotopic (exact) mass is 352 g/mol. The molecule has 0 amide bonds. The highest BCUT2D eigenvalue weighted by molar-refractivity contribution is 14.1. The van der Waals surface area contributed by atoms with Gasteiger partial charge in [0, 0.05) is 5.56 Å². The summed E-state index contributed by atoms with van der Waals surface area (Å²) in [6, 6.07) is 3.13. The van der Waals surface area contributed by atoms with Crippen LogP contribution in [0, 0.1) is 15.0 Å². The lowest BCUT2D eigenvalue weighted by atomic mass is 10.0. The summed E-state index contributed by atoms with van der Waals surface area (Å²) in [5.41, 5.74) is -0.598. The third-order valence-electron chi connectivity index (χ3n) is 2.00. The maximum Gasteiger partial charge on any atom is 0.310 e. The number of rotatable bonds is 3. The zero-order chi connectivity index (χ0) is 13.0. The zero-order valence-electron chi connectivity index (χ0n) is 8.71. The van der Waals surface area contributed by atoms with Crippen molar-refractivity contribution < 1.29 is 18.3 Å². The van der Waals surface area contributed by atoms with Gasteiger partial charge in [0.25, 0.3) is 6.43 Å². The standard InChI is InChI=1S/C10H7F2IN2O2/c1-17-8(16)3-6-5(4-14)2-7(13)15-9(6)10(11)12/h2,10H,3H2,1H3. The van der Waals surface area contributed by atoms with Crippen LogP contribution in [0.25, 0.3) is 0 Å². The second-order valence-electron chi connectivity index (χ2n) is 3.02. The summed E-state index contributed by atoms with van der Waals surface area (Å²) in [6.45, 7) is 0. The van der Waals surface area contributed by atoms with Crippen molar-refractivity contribution in [3.63, 3.8) is 0 Å². The first-order valence-electron chi connectivity index (χ1n) is 4.44. The molecule has 0 radical (unpaired) electrons. The average Bonchev–Trinajstić information content (AvgIpc) is 2.30. The molecule has 90 valence electrons. The first-order chi connectivity index (χ1) is 7.99. The Morgan fingerprint density at radius 2 is 2.35 bits per heavy atom. The van der Waals surface area contributed by atoms with Crippen LogP contribution < -0.4 is 0 Å². The van der Waals surface area contributed by atoms with Gasteiger partial charge in [-0.3, -0.25) is 4.79 Å². The Bertz CT molecular complexity index is 486. The molecule has 0 saturated carbocycles. The van der Waals surface area contributed by atoms with Crippen LogP contribution >= 0.6 is 22.6 Å². The number of pyridine rings is 1. The van der Waals surface area contributed by atoms with Gasteiger partial charge in [-0.2, -0.15) is 5.26 Å². The van der Waals surface area contributed by atoms with Crippen molar-refractivity contribution in [2.75, 3.05) is 7.11 Å². The van der Waals surface area contributed by atoms with E-state index in [1.165, 1.54) is 6.07 Å². The first-order valence-corrected chi connectivity index (χ1v) is 5.51. The molecule has 0 aromatic carbocycles. The summed E-state index contributed by atoms with van der Waals surface area (Å²) in [5, 5.41) is 8.86. The molecule has 1 heterocycles. The number of alkyl halides is 2. The highest BCUT2D eigenvalue weighted by Crippen LogP contribution is 2.25. The largest absolute Gasteiger partial charge is 0.469 e. The lowest BCUT2D eigenvalue weighted by Gasteiger charge is -2.09. The predicted molar refractivity (Wildman–Crippen MR) is 62.3 cm³/mol. The number of aromatic nitrogens is 1. The van der Waals surface area contributed by atoms with E-state index in [2.05, 4.69) is 9.72 Å². The van der Waals surface area contributed by atoms with Gasteiger partial charge in [-0.05, 0) is 28.7 Å². The Balaban J connectivity index is 3.33. The third kappa shape index (κ3) is 3.33. The number of hydrogen-bond donors (Lipinski definition) is 0. The molecule has 0 spiro atoms. The molecular weight excluding hydrogens is 345 g/mol. The van der Waals surface area contributed by atoms with Crippen molar-refractivity contribution >= 4 is 28.6 Å².